The van der Waals surface area contributed by atoms with Crippen LogP contribution in [0.2, 0.25) is 0 Å². The van der Waals surface area contributed by atoms with Gasteiger partial charge < -0.3 is 0 Å². The second-order valence-electron chi connectivity index (χ2n) is 1.39. The molecule has 7 heavy (non-hydrogen) atoms. The van der Waals surface area contributed by atoms with E-state index in [-0.39, 0.29) is 0 Å². The van der Waals surface area contributed by atoms with Crippen molar-refractivity contribution in [3.05, 3.63) is 12.2 Å². The van der Waals surface area contributed by atoms with Crippen LogP contribution in [-0.4, -0.2) is 17.6 Å². The van der Waals surface area contributed by atoms with Gasteiger partial charge in [-0.1, -0.05) is 28.1 Å². The molecule has 0 fully saturated rings. The first-order valence-corrected chi connectivity index (χ1v) is 3.12. The van der Waals surface area contributed by atoms with Crippen molar-refractivity contribution in [3.63, 3.8) is 0 Å². The van der Waals surface area contributed by atoms with E-state index in [2.05, 4.69) is 27.0 Å². The van der Waals surface area contributed by atoms with E-state index in [9.17, 15) is 0 Å². The zero-order valence-corrected chi connectivity index (χ0v) is 5.43. The van der Waals surface area contributed by atoms with Gasteiger partial charge in [0, 0.05) is 6.21 Å². The summed E-state index contributed by atoms with van der Waals surface area (Å²) in [7, 11) is 0. The molecule has 1 rings (SSSR count). The van der Waals surface area contributed by atoms with E-state index in [0.717, 1.165) is 6.54 Å². The van der Waals surface area contributed by atoms with Gasteiger partial charge in [0.25, 0.3) is 0 Å². The van der Waals surface area contributed by atoms with E-state index in [1.165, 1.54) is 0 Å². The van der Waals surface area contributed by atoms with E-state index in [4.69, 9.17) is 0 Å². The summed E-state index contributed by atoms with van der Waals surface area (Å²) >= 11 is 3.35. The molecular formula is C5H6BrN. The largest absolute Gasteiger partial charge is 0.292 e. The summed E-state index contributed by atoms with van der Waals surface area (Å²) in [5.41, 5.74) is 0. The Bertz CT molecular complexity index is 94.6. The van der Waals surface area contributed by atoms with E-state index >= 15 is 0 Å². The number of hydrogen-bond acceptors (Lipinski definition) is 1. The minimum Gasteiger partial charge on any atom is -0.292 e. The number of alkyl halides is 1. The molecule has 0 saturated heterocycles. The fraction of sp³-hybridized carbons (Fsp3) is 0.400. The van der Waals surface area contributed by atoms with Gasteiger partial charge in [-0.3, -0.25) is 4.99 Å². The van der Waals surface area contributed by atoms with Crippen molar-refractivity contribution in [3.8, 4) is 0 Å². The third-order valence-electron chi connectivity index (χ3n) is 0.779. The van der Waals surface area contributed by atoms with Crippen LogP contribution in [0.15, 0.2) is 17.1 Å². The first-order chi connectivity index (χ1) is 3.39. The van der Waals surface area contributed by atoms with Crippen LogP contribution < -0.4 is 0 Å². The molecule has 1 atom stereocenters. The summed E-state index contributed by atoms with van der Waals surface area (Å²) < 4.78 is 0. The Hall–Kier alpha value is -0.110. The zero-order chi connectivity index (χ0) is 5.11. The van der Waals surface area contributed by atoms with Crippen molar-refractivity contribution in [1.82, 2.24) is 0 Å². The molecule has 1 heterocycles. The van der Waals surface area contributed by atoms with Gasteiger partial charge in [0.15, 0.2) is 0 Å². The minimum absolute atomic E-state index is 0.376. The van der Waals surface area contributed by atoms with Crippen LogP contribution in [-0.2, 0) is 0 Å². The van der Waals surface area contributed by atoms with Gasteiger partial charge >= 0.3 is 0 Å². The molecule has 0 saturated carbocycles. The molecule has 0 spiro atoms. The lowest BCUT2D eigenvalue weighted by molar-refractivity contribution is 1.20. The number of rotatable bonds is 0. The molecular weight excluding hydrogens is 154 g/mol. The second kappa shape index (κ2) is 2.26. The first-order valence-electron chi connectivity index (χ1n) is 2.20. The third kappa shape index (κ3) is 1.43. The Kier molecular flexibility index (Phi) is 1.63. The van der Waals surface area contributed by atoms with Gasteiger partial charge in [-0.05, 0) is 0 Å². The van der Waals surface area contributed by atoms with E-state index in [0.29, 0.717) is 4.83 Å². The Morgan fingerprint density at radius 1 is 1.71 bits per heavy atom. The number of halogens is 1. The molecule has 0 radical (unpaired) electrons. The number of hydrogen-bond donors (Lipinski definition) is 0. The number of allylic oxidation sites excluding steroid dienone is 1. The van der Waals surface area contributed by atoms with Crippen molar-refractivity contribution in [2.24, 2.45) is 4.99 Å². The van der Waals surface area contributed by atoms with Gasteiger partial charge in [-0.2, -0.15) is 0 Å². The van der Waals surface area contributed by atoms with Crippen molar-refractivity contribution < 1.29 is 0 Å². The number of dihydropyridines is 1. The molecule has 0 aromatic heterocycles. The van der Waals surface area contributed by atoms with Crippen LogP contribution in [0.4, 0.5) is 0 Å². The van der Waals surface area contributed by atoms with Crippen molar-refractivity contribution in [2.45, 2.75) is 4.83 Å². The molecule has 0 N–H and O–H groups in total. The Balaban J connectivity index is 2.49. The van der Waals surface area contributed by atoms with Gasteiger partial charge in [-0.15, -0.1) is 0 Å². The second-order valence-corrected chi connectivity index (χ2v) is 2.44. The van der Waals surface area contributed by atoms with Crippen molar-refractivity contribution in [1.29, 1.82) is 0 Å². The highest BCUT2D eigenvalue weighted by atomic mass is 79.9. The Morgan fingerprint density at radius 2 is 2.57 bits per heavy atom. The molecule has 1 aliphatic heterocycles. The third-order valence-corrected chi connectivity index (χ3v) is 1.32. The maximum atomic E-state index is 4.00. The highest BCUT2D eigenvalue weighted by Gasteiger charge is 1.93. The summed E-state index contributed by atoms with van der Waals surface area (Å²) in [5, 5.41) is 0. The van der Waals surface area contributed by atoms with Crippen LogP contribution >= 0.6 is 15.9 Å². The fourth-order valence-corrected chi connectivity index (χ4v) is 0.846. The molecule has 1 nitrogen and oxygen atoms in total. The highest BCUT2D eigenvalue weighted by molar-refractivity contribution is 9.10. The zero-order valence-electron chi connectivity index (χ0n) is 3.84. The van der Waals surface area contributed by atoms with Gasteiger partial charge in [0.05, 0.1) is 11.4 Å². The van der Waals surface area contributed by atoms with Crippen LogP contribution in [0.25, 0.3) is 0 Å². The van der Waals surface area contributed by atoms with E-state index in [1.807, 2.05) is 12.3 Å². The summed E-state index contributed by atoms with van der Waals surface area (Å²) in [6.07, 6.45) is 6.01. The van der Waals surface area contributed by atoms with E-state index in [1.54, 1.807) is 0 Å². The predicted molar refractivity (Wildman–Crippen MR) is 35.2 cm³/mol. The summed E-state index contributed by atoms with van der Waals surface area (Å²) in [6.45, 7) is 0.849. The first kappa shape index (κ1) is 5.04. The summed E-state index contributed by atoms with van der Waals surface area (Å²) in [6, 6.07) is 0. The molecule has 0 aromatic rings. The monoisotopic (exact) mass is 159 g/mol. The highest BCUT2D eigenvalue weighted by Crippen LogP contribution is 2.00. The van der Waals surface area contributed by atoms with E-state index < -0.39 is 0 Å². The number of nitrogens with zero attached hydrogens (tertiary/aromatic N) is 1. The molecule has 0 aromatic carbocycles. The van der Waals surface area contributed by atoms with Crippen molar-refractivity contribution in [2.75, 3.05) is 6.54 Å². The number of aliphatic imine (C=N–C) groups is 1. The SMILES string of the molecule is BrC1C=CCN=C1. The molecule has 0 amide bonds. The molecule has 1 unspecified atom stereocenters. The van der Waals surface area contributed by atoms with Crippen LogP contribution in [0.1, 0.15) is 0 Å². The minimum atomic E-state index is 0.376. The standard InChI is InChI=1S/C5H6BrN/c6-5-2-1-3-7-4-5/h1-2,4-5H,3H2. The Labute approximate surface area is 51.3 Å². The lowest BCUT2D eigenvalue weighted by Gasteiger charge is -1.97. The molecule has 2 heteroatoms. The molecule has 38 valence electrons. The van der Waals surface area contributed by atoms with Gasteiger partial charge in [0.2, 0.25) is 0 Å². The Morgan fingerprint density at radius 3 is 2.86 bits per heavy atom. The topological polar surface area (TPSA) is 12.4 Å². The van der Waals surface area contributed by atoms with Crippen LogP contribution in [0.5, 0.6) is 0 Å². The lowest BCUT2D eigenvalue weighted by Crippen LogP contribution is -1.98. The summed E-state index contributed by atoms with van der Waals surface area (Å²) in [5.74, 6) is 0. The summed E-state index contributed by atoms with van der Waals surface area (Å²) in [4.78, 5) is 4.38. The maximum absolute atomic E-state index is 4.00. The molecule has 0 aliphatic carbocycles. The fourth-order valence-electron chi connectivity index (χ4n) is 0.463. The van der Waals surface area contributed by atoms with Crippen LogP contribution in [0, 0.1) is 0 Å². The predicted octanol–water partition coefficient (Wildman–Crippen LogP) is 1.39. The molecule has 0 bridgehead atoms. The van der Waals surface area contributed by atoms with Gasteiger partial charge in [-0.25, -0.2) is 0 Å². The van der Waals surface area contributed by atoms with Gasteiger partial charge in [0.1, 0.15) is 0 Å². The molecule has 1 aliphatic rings. The normalized spacial score (nSPS) is 28.4. The average molecular weight is 160 g/mol. The lowest BCUT2D eigenvalue weighted by atomic mass is 10.3. The van der Waals surface area contributed by atoms with Crippen molar-refractivity contribution >= 4 is 22.1 Å². The quantitative estimate of drug-likeness (QED) is 0.375. The van der Waals surface area contributed by atoms with Crippen LogP contribution in [0.3, 0.4) is 0 Å². The average Bonchev–Trinajstić information content (AvgIpc) is 1.69. The maximum Gasteiger partial charge on any atom is 0.0674 e. The smallest absolute Gasteiger partial charge is 0.0674 e.